The van der Waals surface area contributed by atoms with Crippen LogP contribution in [0.4, 0.5) is 0 Å². The van der Waals surface area contributed by atoms with Gasteiger partial charge in [0.15, 0.2) is 0 Å². The van der Waals surface area contributed by atoms with E-state index in [-0.39, 0.29) is 47.1 Å². The number of halogens is 2. The summed E-state index contributed by atoms with van der Waals surface area (Å²) in [4.78, 5) is 0. The van der Waals surface area contributed by atoms with Crippen molar-refractivity contribution in [1.29, 1.82) is 0 Å². The Labute approximate surface area is 64.5 Å². The van der Waals surface area contributed by atoms with Crippen LogP contribution in [-0.2, 0) is 17.6 Å². The van der Waals surface area contributed by atoms with Gasteiger partial charge in [0.1, 0.15) is 0 Å². The van der Waals surface area contributed by atoms with Crippen molar-refractivity contribution < 1.29 is 47.1 Å². The predicted molar refractivity (Wildman–Crippen MR) is 11.7 cm³/mol. The van der Waals surface area contributed by atoms with Gasteiger partial charge < -0.3 is 0 Å². The SMILES string of the molecule is [Cl][Ag-][Cl].[Na+]. The summed E-state index contributed by atoms with van der Waals surface area (Å²) in [7, 11) is 9.59. The molecule has 0 rings (SSSR count). The third-order valence-corrected chi connectivity index (χ3v) is 0. The Balaban J connectivity index is 0. The summed E-state index contributed by atoms with van der Waals surface area (Å²) in [5, 5.41) is 0. The first-order chi connectivity index (χ1) is 1.41. The molecule has 0 saturated heterocycles. The van der Waals surface area contributed by atoms with Gasteiger partial charge in [-0.1, -0.05) is 0 Å². The Morgan fingerprint density at radius 2 is 1.25 bits per heavy atom. The second kappa shape index (κ2) is 9.01. The normalized spacial score (nSPS) is 5.50. The Morgan fingerprint density at radius 3 is 1.25 bits per heavy atom. The first-order valence-corrected chi connectivity index (χ1v) is 4.05. The Hall–Kier alpha value is 2.32. The van der Waals surface area contributed by atoms with Crippen LogP contribution in [0.2, 0.25) is 0 Å². The molecule has 0 aromatic heterocycles. The number of hydrogen-bond acceptors (Lipinski definition) is 0. The van der Waals surface area contributed by atoms with Crippen LogP contribution in [0.15, 0.2) is 0 Å². The second-order valence-electron chi connectivity index (χ2n) is 0.0431. The molecular formula is AgCl2Na. The summed E-state index contributed by atoms with van der Waals surface area (Å²) >= 11 is 0.0144. The van der Waals surface area contributed by atoms with Gasteiger partial charge in [-0.2, -0.15) is 0 Å². The molecule has 0 amide bonds. The molecule has 0 heterocycles. The average Bonchev–Trinajstić information content (AvgIpc) is 0.918. The predicted octanol–water partition coefficient (Wildman–Crippen LogP) is -1.62. The summed E-state index contributed by atoms with van der Waals surface area (Å²) in [6, 6.07) is 0. The van der Waals surface area contributed by atoms with Gasteiger partial charge in [0.25, 0.3) is 0 Å². The first kappa shape index (κ1) is 9.58. The Morgan fingerprint density at radius 1 is 1.25 bits per heavy atom. The van der Waals surface area contributed by atoms with Gasteiger partial charge in [-0.05, 0) is 0 Å². The topological polar surface area (TPSA) is 0 Å². The third-order valence-electron chi connectivity index (χ3n) is 0. The fourth-order valence-corrected chi connectivity index (χ4v) is 0. The number of hydrogen-bond donors (Lipinski definition) is 0. The minimum Gasteiger partial charge on any atom is 1.00 e. The second-order valence-corrected chi connectivity index (χ2v) is 2.29. The standard InChI is InChI=1S/Ag.2ClH.Na/h;2*1H;/q+1;;;+1/p-2. The summed E-state index contributed by atoms with van der Waals surface area (Å²) in [5.41, 5.74) is 0. The van der Waals surface area contributed by atoms with Crippen LogP contribution in [0.5, 0.6) is 0 Å². The molecule has 0 atom stereocenters. The van der Waals surface area contributed by atoms with Crippen LogP contribution in [-0.4, -0.2) is 0 Å². The monoisotopic (exact) mass is 200 g/mol. The molecular weight excluding hydrogens is 202 g/mol. The number of rotatable bonds is 0. The maximum atomic E-state index is 4.79. The Kier molecular flexibility index (Phi) is 21.6. The van der Waals surface area contributed by atoms with E-state index in [1.54, 1.807) is 0 Å². The van der Waals surface area contributed by atoms with E-state index >= 15 is 0 Å². The molecule has 26 valence electrons. The smallest absolute Gasteiger partial charge is 1.00 e. The van der Waals surface area contributed by atoms with Crippen molar-refractivity contribution in [3.63, 3.8) is 0 Å². The van der Waals surface area contributed by atoms with Crippen molar-refractivity contribution >= 4 is 18.4 Å². The largest absolute Gasteiger partial charge is 1.00 e. The van der Waals surface area contributed by atoms with E-state index in [9.17, 15) is 0 Å². The molecule has 4 heteroatoms. The molecule has 0 aromatic rings. The summed E-state index contributed by atoms with van der Waals surface area (Å²) < 4.78 is 0. The average molecular weight is 202 g/mol. The molecule has 0 aliphatic carbocycles. The minimum absolute atomic E-state index is 0. The van der Waals surface area contributed by atoms with Gasteiger partial charge >= 0.3 is 65.5 Å². The van der Waals surface area contributed by atoms with Crippen LogP contribution >= 0.6 is 18.4 Å². The van der Waals surface area contributed by atoms with Crippen molar-refractivity contribution in [2.75, 3.05) is 0 Å². The van der Waals surface area contributed by atoms with Gasteiger partial charge in [-0.3, -0.25) is 0 Å². The zero-order valence-electron chi connectivity index (χ0n) is 2.06. The van der Waals surface area contributed by atoms with Crippen LogP contribution in [0.25, 0.3) is 0 Å². The van der Waals surface area contributed by atoms with Crippen molar-refractivity contribution in [1.82, 2.24) is 0 Å². The Bertz CT molecular complexity index is 6.00. The summed E-state index contributed by atoms with van der Waals surface area (Å²) in [6.07, 6.45) is 0. The van der Waals surface area contributed by atoms with Crippen LogP contribution in [0.3, 0.4) is 0 Å². The van der Waals surface area contributed by atoms with Crippen molar-refractivity contribution in [3.05, 3.63) is 0 Å². The maximum absolute atomic E-state index is 4.79. The van der Waals surface area contributed by atoms with Crippen molar-refractivity contribution in [3.8, 4) is 0 Å². The van der Waals surface area contributed by atoms with E-state index in [1.165, 1.54) is 0 Å². The van der Waals surface area contributed by atoms with E-state index in [1.807, 2.05) is 0 Å². The van der Waals surface area contributed by atoms with E-state index in [0.717, 1.165) is 0 Å². The molecule has 0 aromatic carbocycles. The van der Waals surface area contributed by atoms with Crippen LogP contribution in [0.1, 0.15) is 0 Å². The molecule has 0 radical (unpaired) electrons. The molecule has 0 fully saturated rings. The van der Waals surface area contributed by atoms with Gasteiger partial charge in [0.2, 0.25) is 0 Å². The van der Waals surface area contributed by atoms with E-state index < -0.39 is 0 Å². The molecule has 0 bridgehead atoms. The molecule has 0 spiro atoms. The van der Waals surface area contributed by atoms with Crippen molar-refractivity contribution in [2.45, 2.75) is 0 Å². The molecule has 0 N–H and O–H groups in total. The minimum atomic E-state index is 0. The van der Waals surface area contributed by atoms with Gasteiger partial charge in [0, 0.05) is 0 Å². The van der Waals surface area contributed by atoms with Gasteiger partial charge in [-0.25, -0.2) is 0 Å². The fourth-order valence-electron chi connectivity index (χ4n) is 0. The third kappa shape index (κ3) is 8.85. The van der Waals surface area contributed by atoms with Gasteiger partial charge in [0.05, 0.1) is 0 Å². The zero-order valence-corrected chi connectivity index (χ0v) is 7.05. The van der Waals surface area contributed by atoms with Crippen LogP contribution in [0, 0.1) is 0 Å². The van der Waals surface area contributed by atoms with Crippen LogP contribution < -0.4 is 29.6 Å². The van der Waals surface area contributed by atoms with E-state index in [4.69, 9.17) is 18.4 Å². The quantitative estimate of drug-likeness (QED) is 0.414. The molecule has 0 unspecified atom stereocenters. The summed E-state index contributed by atoms with van der Waals surface area (Å²) in [6.45, 7) is 0. The molecule has 4 heavy (non-hydrogen) atoms. The maximum Gasteiger partial charge on any atom is 1.00 e. The first-order valence-electron chi connectivity index (χ1n) is 0.228. The van der Waals surface area contributed by atoms with Gasteiger partial charge in [-0.15, -0.1) is 0 Å². The molecule has 0 aliphatic rings. The molecule has 0 saturated carbocycles. The van der Waals surface area contributed by atoms with E-state index in [0.29, 0.717) is 0 Å². The molecule has 0 aliphatic heterocycles. The molecule has 0 nitrogen and oxygen atoms in total. The fraction of sp³-hybridized carbons (Fsp3) is 0. The van der Waals surface area contributed by atoms with Crippen molar-refractivity contribution in [2.24, 2.45) is 0 Å². The van der Waals surface area contributed by atoms with E-state index in [2.05, 4.69) is 0 Å². The zero-order chi connectivity index (χ0) is 2.71. The summed E-state index contributed by atoms with van der Waals surface area (Å²) in [5.74, 6) is 0.